The number of ether oxygens (including phenoxy) is 2. The lowest BCUT2D eigenvalue weighted by atomic mass is 9.87. The lowest BCUT2D eigenvalue weighted by Crippen LogP contribution is -2.65. The highest BCUT2D eigenvalue weighted by molar-refractivity contribution is 8.01. The van der Waals surface area contributed by atoms with Crippen molar-refractivity contribution in [3.63, 3.8) is 0 Å². The number of hydrogen-bond acceptors (Lipinski definition) is 13. The summed E-state index contributed by atoms with van der Waals surface area (Å²) < 4.78 is 38.5. The average molecular weight is 671 g/mol. The minimum absolute atomic E-state index is 0.0683. The first-order chi connectivity index (χ1) is 21.5. The molecule has 0 bridgehead atoms. The summed E-state index contributed by atoms with van der Waals surface area (Å²) in [5, 5.41) is 27.1. The van der Waals surface area contributed by atoms with Gasteiger partial charge in [-0.2, -0.15) is 0 Å². The predicted molar refractivity (Wildman–Crippen MR) is 165 cm³/mol. The van der Waals surface area contributed by atoms with Gasteiger partial charge in [-0.25, -0.2) is 13.2 Å². The molecule has 4 aromatic rings. The molecule has 2 saturated heterocycles. The Morgan fingerprint density at radius 1 is 1.11 bits per heavy atom. The first-order valence-electron chi connectivity index (χ1n) is 14.0. The second-order valence-electron chi connectivity index (χ2n) is 11.1. The molecule has 0 saturated carbocycles. The van der Waals surface area contributed by atoms with Crippen LogP contribution in [0.4, 0.5) is 0 Å². The Kier molecular flexibility index (Phi) is 8.41. The van der Waals surface area contributed by atoms with Crippen molar-refractivity contribution in [2.24, 2.45) is 5.92 Å². The van der Waals surface area contributed by atoms with Gasteiger partial charge in [0.15, 0.2) is 14.2 Å². The Bertz CT molecular complexity index is 1810. The molecular formula is C29H30N6O7S3. The van der Waals surface area contributed by atoms with Crippen molar-refractivity contribution in [2.45, 2.75) is 53.6 Å². The van der Waals surface area contributed by atoms with Gasteiger partial charge in [-0.3, -0.25) is 9.48 Å². The van der Waals surface area contributed by atoms with E-state index in [2.05, 4.69) is 20.5 Å². The van der Waals surface area contributed by atoms with Gasteiger partial charge in [0, 0.05) is 11.3 Å². The van der Waals surface area contributed by atoms with E-state index in [0.717, 1.165) is 19.8 Å². The minimum atomic E-state index is -4.09. The second-order valence-corrected chi connectivity index (χ2v) is 16.1. The molecule has 4 atom stereocenters. The number of aliphatic hydroxyl groups is 1. The Balaban J connectivity index is 1.09. The van der Waals surface area contributed by atoms with Crippen LogP contribution in [0, 0.1) is 5.92 Å². The quantitative estimate of drug-likeness (QED) is 0.141. The van der Waals surface area contributed by atoms with Crippen molar-refractivity contribution in [2.75, 3.05) is 12.9 Å². The molecule has 45 heavy (non-hydrogen) atoms. The molecular weight excluding hydrogens is 641 g/mol. The summed E-state index contributed by atoms with van der Waals surface area (Å²) in [6.07, 6.45) is -0.0411. The van der Waals surface area contributed by atoms with Crippen molar-refractivity contribution in [1.82, 2.24) is 30.1 Å². The number of amides is 1. The molecule has 1 amide bonds. The average Bonchev–Trinajstić information content (AvgIpc) is 3.74. The Morgan fingerprint density at radius 3 is 2.56 bits per heavy atom. The van der Waals surface area contributed by atoms with E-state index < -0.39 is 49.9 Å². The molecule has 13 nitrogen and oxygen atoms in total. The zero-order valence-electron chi connectivity index (χ0n) is 24.5. The molecule has 16 heteroatoms. The number of esters is 1. The van der Waals surface area contributed by atoms with E-state index in [1.54, 1.807) is 24.3 Å². The van der Waals surface area contributed by atoms with Crippen LogP contribution in [-0.2, 0) is 37.3 Å². The highest BCUT2D eigenvalue weighted by atomic mass is 32.2. The summed E-state index contributed by atoms with van der Waals surface area (Å²) >= 11 is 2.97. The smallest absolute Gasteiger partial charge is 0.330 e. The van der Waals surface area contributed by atoms with Gasteiger partial charge >= 0.3 is 5.97 Å². The molecule has 0 aliphatic carbocycles. The van der Waals surface area contributed by atoms with Crippen LogP contribution in [0.25, 0.3) is 10.6 Å². The van der Waals surface area contributed by atoms with Gasteiger partial charge in [0.2, 0.25) is 5.91 Å². The van der Waals surface area contributed by atoms with E-state index in [4.69, 9.17) is 9.47 Å². The van der Waals surface area contributed by atoms with Crippen LogP contribution < -0.4 is 4.74 Å². The maximum Gasteiger partial charge on any atom is 0.330 e. The number of thioether (sulfide) groups is 1. The number of sulfone groups is 1. The number of aliphatic hydroxyl groups excluding tert-OH is 1. The molecule has 0 spiro atoms. The topological polar surface area (TPSA) is 167 Å². The van der Waals surface area contributed by atoms with E-state index in [1.165, 1.54) is 54.9 Å². The molecule has 1 unspecified atom stereocenters. The molecule has 0 radical (unpaired) electrons. The molecule has 6 rings (SSSR count). The summed E-state index contributed by atoms with van der Waals surface area (Å²) in [5.41, 5.74) is 1.73. The van der Waals surface area contributed by atoms with Crippen molar-refractivity contribution in [1.29, 1.82) is 0 Å². The second kappa shape index (κ2) is 12.2. The van der Waals surface area contributed by atoms with Crippen LogP contribution in [0.1, 0.15) is 31.2 Å². The number of fused-ring (bicyclic) bond motifs is 1. The first kappa shape index (κ1) is 31.1. The maximum absolute atomic E-state index is 13.6. The highest BCUT2D eigenvalue weighted by Gasteiger charge is 2.73. The predicted octanol–water partition coefficient (Wildman–Crippen LogP) is 2.73. The van der Waals surface area contributed by atoms with Gasteiger partial charge in [0.1, 0.15) is 46.5 Å². The van der Waals surface area contributed by atoms with Crippen LogP contribution in [0.15, 0.2) is 65.1 Å². The minimum Gasteiger partial charge on any atom is -0.497 e. The molecule has 2 aliphatic rings. The maximum atomic E-state index is 13.6. The van der Waals surface area contributed by atoms with Crippen LogP contribution >= 0.6 is 23.1 Å². The lowest BCUT2D eigenvalue weighted by molar-refractivity contribution is -0.172. The van der Waals surface area contributed by atoms with Crippen molar-refractivity contribution in [3.8, 4) is 16.3 Å². The molecule has 2 aromatic carbocycles. The number of carbonyl (C=O) groups is 2. The van der Waals surface area contributed by atoms with Gasteiger partial charge in [0.25, 0.3) is 0 Å². The van der Waals surface area contributed by atoms with Gasteiger partial charge < -0.3 is 19.5 Å². The number of β-lactam (4-membered cyclic amide) rings is 1. The third-order valence-electron chi connectivity index (χ3n) is 8.05. The number of rotatable bonds is 11. The van der Waals surface area contributed by atoms with E-state index in [0.29, 0.717) is 23.6 Å². The van der Waals surface area contributed by atoms with E-state index in [1.807, 2.05) is 30.3 Å². The Morgan fingerprint density at radius 2 is 1.84 bits per heavy atom. The summed E-state index contributed by atoms with van der Waals surface area (Å²) in [5.74, 6) is -1.60. The van der Waals surface area contributed by atoms with Gasteiger partial charge in [-0.15, -0.1) is 15.3 Å². The van der Waals surface area contributed by atoms with E-state index >= 15 is 0 Å². The van der Waals surface area contributed by atoms with Gasteiger partial charge in [-0.05, 0) is 31.5 Å². The van der Waals surface area contributed by atoms with Crippen molar-refractivity contribution in [3.05, 3.63) is 72.1 Å². The number of aryl methyl sites for hydroxylation is 1. The van der Waals surface area contributed by atoms with Crippen LogP contribution in [0.3, 0.4) is 0 Å². The van der Waals surface area contributed by atoms with Crippen LogP contribution in [0.2, 0.25) is 0 Å². The standard InChI is InChI=1S/C29H30N6O7S3/c1-29(2)23(27(38)42-16-17-9-11-19(41-3)12-10-17)35-25(37)21(26(35)45(29,39)40)22(36)20-15-34(33-30-20)13-14-43-28-32-31-24(44-28)18-7-5-4-6-8-18/h4-12,15,21-23,26,36H,13-14,16H2,1-3H3/t21-,22?,23-,26+/m0/s1. The summed E-state index contributed by atoms with van der Waals surface area (Å²) in [4.78, 5) is 27.6. The number of benzene rings is 2. The van der Waals surface area contributed by atoms with Crippen LogP contribution in [-0.4, -0.2) is 84.5 Å². The molecule has 2 aromatic heterocycles. The molecule has 1 N–H and O–H groups in total. The Labute approximate surface area is 267 Å². The van der Waals surface area contributed by atoms with Gasteiger partial charge in [-0.1, -0.05) is 70.8 Å². The summed E-state index contributed by atoms with van der Waals surface area (Å²) in [6, 6.07) is 15.3. The number of carbonyl (C=O) groups excluding carboxylic acids is 2. The van der Waals surface area contributed by atoms with Crippen molar-refractivity contribution < 1.29 is 32.6 Å². The van der Waals surface area contributed by atoms with Crippen molar-refractivity contribution >= 4 is 44.8 Å². The number of nitrogens with zero attached hydrogens (tertiary/aromatic N) is 6. The summed E-state index contributed by atoms with van der Waals surface area (Å²) in [7, 11) is -2.55. The Hall–Kier alpha value is -3.86. The number of methoxy groups -OCH3 is 1. The normalized spacial score (nSPS) is 22.0. The third kappa shape index (κ3) is 5.60. The highest BCUT2D eigenvalue weighted by Crippen LogP contribution is 2.52. The van der Waals surface area contributed by atoms with E-state index in [9.17, 15) is 23.1 Å². The molecule has 236 valence electrons. The summed E-state index contributed by atoms with van der Waals surface area (Å²) in [6.45, 7) is 3.10. The SMILES string of the molecule is COc1ccc(COC(=O)[C@@H]2N3C(=O)[C@H](C(O)c4cn(CCSc5nnc(-c6ccccc6)s5)nn4)[C@H]3S(=O)(=O)C2(C)C)cc1. The zero-order valence-corrected chi connectivity index (χ0v) is 27.0. The molecule has 2 aliphatic heterocycles. The fourth-order valence-corrected chi connectivity index (χ4v) is 9.68. The fourth-order valence-electron chi connectivity index (χ4n) is 5.51. The molecule has 4 heterocycles. The zero-order chi connectivity index (χ0) is 31.9. The number of hydrogen-bond donors (Lipinski definition) is 1. The monoisotopic (exact) mass is 670 g/mol. The van der Waals surface area contributed by atoms with E-state index in [-0.39, 0.29) is 12.3 Å². The lowest BCUT2D eigenvalue weighted by Gasteiger charge is -2.44. The van der Waals surface area contributed by atoms with Crippen LogP contribution in [0.5, 0.6) is 5.75 Å². The third-order valence-corrected chi connectivity index (χ3v) is 13.0. The number of aromatic nitrogens is 5. The van der Waals surface area contributed by atoms with Gasteiger partial charge in [0.05, 0.1) is 24.6 Å². The largest absolute Gasteiger partial charge is 0.497 e. The molecule has 2 fully saturated rings. The fraction of sp³-hybridized carbons (Fsp3) is 0.379. The first-order valence-corrected chi connectivity index (χ1v) is 17.3.